The third-order valence-corrected chi connectivity index (χ3v) is 2.53. The lowest BCUT2D eigenvalue weighted by Gasteiger charge is -2.05. The minimum absolute atomic E-state index is 0.0706. The summed E-state index contributed by atoms with van der Waals surface area (Å²) in [5.74, 6) is -0.419. The molecule has 0 unspecified atom stereocenters. The van der Waals surface area contributed by atoms with Gasteiger partial charge in [-0.15, -0.1) is 0 Å². The Balaban J connectivity index is 2.86. The van der Waals surface area contributed by atoms with Gasteiger partial charge in [-0.25, -0.2) is 4.79 Å². The van der Waals surface area contributed by atoms with Crippen molar-refractivity contribution < 1.29 is 9.21 Å². The summed E-state index contributed by atoms with van der Waals surface area (Å²) >= 11 is 0. The van der Waals surface area contributed by atoms with Crippen molar-refractivity contribution in [1.82, 2.24) is 5.32 Å². The number of carbonyl (C=O) groups is 1. The van der Waals surface area contributed by atoms with Crippen LogP contribution in [-0.4, -0.2) is 13.0 Å². The predicted molar refractivity (Wildman–Crippen MR) is 60.6 cm³/mol. The summed E-state index contributed by atoms with van der Waals surface area (Å²) < 4.78 is 5.08. The van der Waals surface area contributed by atoms with E-state index in [1.165, 1.54) is 7.05 Å². The molecule has 2 rings (SSSR count). The van der Waals surface area contributed by atoms with Gasteiger partial charge in [0.25, 0.3) is 5.91 Å². The SMILES string of the molecule is CNC(=O)c1c(C)c2ccccc2oc1=O. The molecule has 16 heavy (non-hydrogen) atoms. The van der Waals surface area contributed by atoms with Crippen LogP contribution in [0.25, 0.3) is 11.0 Å². The van der Waals surface area contributed by atoms with Gasteiger partial charge < -0.3 is 9.73 Å². The van der Waals surface area contributed by atoms with Crippen LogP contribution >= 0.6 is 0 Å². The van der Waals surface area contributed by atoms with Crippen LogP contribution in [0.4, 0.5) is 0 Å². The van der Waals surface area contributed by atoms with Crippen LogP contribution in [0.3, 0.4) is 0 Å². The molecule has 1 N–H and O–H groups in total. The lowest BCUT2D eigenvalue weighted by atomic mass is 10.1. The number of fused-ring (bicyclic) bond motifs is 1. The third-order valence-electron chi connectivity index (χ3n) is 2.53. The largest absolute Gasteiger partial charge is 0.422 e. The van der Waals surface area contributed by atoms with Crippen molar-refractivity contribution in [3.8, 4) is 0 Å². The van der Waals surface area contributed by atoms with Crippen LogP contribution in [0, 0.1) is 6.92 Å². The molecule has 0 aliphatic carbocycles. The summed E-state index contributed by atoms with van der Waals surface area (Å²) in [6, 6.07) is 7.14. The van der Waals surface area contributed by atoms with Crippen molar-refractivity contribution in [2.75, 3.05) is 7.05 Å². The molecule has 0 atom stereocenters. The van der Waals surface area contributed by atoms with E-state index in [9.17, 15) is 9.59 Å². The highest BCUT2D eigenvalue weighted by molar-refractivity contribution is 5.99. The summed E-state index contributed by atoms with van der Waals surface area (Å²) in [5, 5.41) is 3.21. The highest BCUT2D eigenvalue weighted by Crippen LogP contribution is 2.18. The normalized spacial score (nSPS) is 10.4. The Labute approximate surface area is 91.9 Å². The van der Waals surface area contributed by atoms with Crippen molar-refractivity contribution in [2.45, 2.75) is 6.92 Å². The number of benzene rings is 1. The smallest absolute Gasteiger partial charge is 0.349 e. The summed E-state index contributed by atoms with van der Waals surface area (Å²) in [7, 11) is 1.48. The zero-order chi connectivity index (χ0) is 11.7. The average Bonchev–Trinajstić information content (AvgIpc) is 2.28. The molecule has 0 saturated heterocycles. The van der Waals surface area contributed by atoms with E-state index >= 15 is 0 Å². The molecule has 4 nitrogen and oxygen atoms in total. The minimum atomic E-state index is -0.601. The van der Waals surface area contributed by atoms with Crippen LogP contribution in [0.1, 0.15) is 15.9 Å². The highest BCUT2D eigenvalue weighted by atomic mass is 16.4. The quantitative estimate of drug-likeness (QED) is 0.736. The lowest BCUT2D eigenvalue weighted by Crippen LogP contribution is -2.26. The van der Waals surface area contributed by atoms with Crippen LogP contribution in [0.5, 0.6) is 0 Å². The average molecular weight is 217 g/mol. The first-order valence-electron chi connectivity index (χ1n) is 4.89. The van der Waals surface area contributed by atoms with Gasteiger partial charge in [-0.1, -0.05) is 18.2 Å². The Hall–Kier alpha value is -2.10. The number of aryl methyl sites for hydroxylation is 1. The molecule has 0 aliphatic heterocycles. The molecule has 0 aliphatic rings. The molecule has 0 bridgehead atoms. The number of para-hydroxylation sites is 1. The molecule has 0 radical (unpaired) electrons. The topological polar surface area (TPSA) is 59.3 Å². The van der Waals surface area contributed by atoms with Gasteiger partial charge in [-0.3, -0.25) is 4.79 Å². The van der Waals surface area contributed by atoms with Gasteiger partial charge >= 0.3 is 5.63 Å². The molecular weight excluding hydrogens is 206 g/mol. The molecule has 1 amide bonds. The number of hydrogen-bond acceptors (Lipinski definition) is 3. The Morgan fingerprint density at radius 1 is 1.31 bits per heavy atom. The van der Waals surface area contributed by atoms with Gasteiger partial charge in [-0.05, 0) is 18.6 Å². The maximum absolute atomic E-state index is 11.6. The first kappa shape index (κ1) is 10.4. The van der Waals surface area contributed by atoms with Crippen molar-refractivity contribution in [1.29, 1.82) is 0 Å². The third kappa shape index (κ3) is 1.48. The number of nitrogens with one attached hydrogen (secondary N) is 1. The molecule has 82 valence electrons. The monoisotopic (exact) mass is 217 g/mol. The molecule has 1 heterocycles. The van der Waals surface area contributed by atoms with Crippen molar-refractivity contribution in [3.05, 3.63) is 45.8 Å². The standard InChI is InChI=1S/C12H11NO3/c1-7-8-5-3-4-6-9(8)16-12(15)10(7)11(14)13-2/h3-6H,1-2H3,(H,13,14). The zero-order valence-electron chi connectivity index (χ0n) is 9.03. The van der Waals surface area contributed by atoms with Crippen molar-refractivity contribution in [2.24, 2.45) is 0 Å². The van der Waals surface area contributed by atoms with Crippen molar-refractivity contribution >= 4 is 16.9 Å². The first-order valence-corrected chi connectivity index (χ1v) is 4.89. The van der Waals surface area contributed by atoms with E-state index in [-0.39, 0.29) is 5.56 Å². The Bertz CT molecular complexity index is 613. The molecule has 0 saturated carbocycles. The van der Waals surface area contributed by atoms with Gasteiger partial charge in [0.15, 0.2) is 0 Å². The van der Waals surface area contributed by atoms with Crippen molar-refractivity contribution in [3.63, 3.8) is 0 Å². The highest BCUT2D eigenvalue weighted by Gasteiger charge is 2.16. The molecule has 4 heteroatoms. The molecule has 0 spiro atoms. The minimum Gasteiger partial charge on any atom is -0.422 e. The van der Waals surface area contributed by atoms with Gasteiger partial charge in [0.2, 0.25) is 0 Å². The molecule has 1 aromatic heterocycles. The predicted octanol–water partition coefficient (Wildman–Crippen LogP) is 1.46. The van der Waals surface area contributed by atoms with E-state index in [0.29, 0.717) is 11.1 Å². The summed E-state index contributed by atoms with van der Waals surface area (Å²) in [5.41, 5.74) is 0.612. The molecule has 0 fully saturated rings. The number of rotatable bonds is 1. The summed E-state index contributed by atoms with van der Waals surface area (Å²) in [6.07, 6.45) is 0. The fraction of sp³-hybridized carbons (Fsp3) is 0.167. The van der Waals surface area contributed by atoms with Crippen LogP contribution in [0.2, 0.25) is 0 Å². The van der Waals surface area contributed by atoms with Crippen LogP contribution < -0.4 is 10.9 Å². The zero-order valence-corrected chi connectivity index (χ0v) is 9.03. The molecule has 2 aromatic rings. The molecule has 1 aromatic carbocycles. The Morgan fingerprint density at radius 2 is 2.00 bits per heavy atom. The summed E-state index contributed by atoms with van der Waals surface area (Å²) in [4.78, 5) is 23.2. The van der Waals surface area contributed by atoms with Gasteiger partial charge in [0.05, 0.1) is 0 Å². The molecular formula is C12H11NO3. The van der Waals surface area contributed by atoms with E-state index in [0.717, 1.165) is 5.39 Å². The second-order valence-corrected chi connectivity index (χ2v) is 3.46. The van der Waals surface area contributed by atoms with E-state index < -0.39 is 11.5 Å². The van der Waals surface area contributed by atoms with E-state index in [1.54, 1.807) is 19.1 Å². The second kappa shape index (κ2) is 3.81. The summed E-state index contributed by atoms with van der Waals surface area (Å²) in [6.45, 7) is 1.74. The number of amides is 1. The van der Waals surface area contributed by atoms with E-state index in [2.05, 4.69) is 5.32 Å². The van der Waals surface area contributed by atoms with Crippen LogP contribution in [0.15, 0.2) is 33.5 Å². The lowest BCUT2D eigenvalue weighted by molar-refractivity contribution is 0.0959. The number of hydrogen-bond donors (Lipinski definition) is 1. The second-order valence-electron chi connectivity index (χ2n) is 3.46. The Kier molecular flexibility index (Phi) is 2.48. The van der Waals surface area contributed by atoms with Gasteiger partial charge in [0, 0.05) is 12.4 Å². The van der Waals surface area contributed by atoms with Gasteiger partial charge in [-0.2, -0.15) is 0 Å². The maximum Gasteiger partial charge on any atom is 0.349 e. The van der Waals surface area contributed by atoms with E-state index in [4.69, 9.17) is 4.42 Å². The maximum atomic E-state index is 11.6. The van der Waals surface area contributed by atoms with Crippen LogP contribution in [-0.2, 0) is 0 Å². The first-order chi connectivity index (χ1) is 7.65. The van der Waals surface area contributed by atoms with E-state index in [1.807, 2.05) is 12.1 Å². The fourth-order valence-corrected chi connectivity index (χ4v) is 1.69. The fourth-order valence-electron chi connectivity index (χ4n) is 1.69. The number of carbonyl (C=O) groups excluding carboxylic acids is 1. The van der Waals surface area contributed by atoms with Gasteiger partial charge in [0.1, 0.15) is 11.1 Å². The Morgan fingerprint density at radius 3 is 2.69 bits per heavy atom.